The Kier molecular flexibility index (Phi) is 4.60. The van der Waals surface area contributed by atoms with E-state index in [1.807, 2.05) is 31.2 Å². The minimum atomic E-state index is -0.354. The second-order valence-corrected chi connectivity index (χ2v) is 5.72. The number of rotatable bonds is 4. The van der Waals surface area contributed by atoms with Gasteiger partial charge in [0.05, 0.1) is 19.8 Å². The summed E-state index contributed by atoms with van der Waals surface area (Å²) in [4.78, 5) is 12.3. The fourth-order valence-corrected chi connectivity index (χ4v) is 2.76. The highest BCUT2D eigenvalue weighted by molar-refractivity contribution is 5.89. The normalized spacial score (nSPS) is 15.9. The minimum Gasteiger partial charge on any atom is -0.496 e. The predicted octanol–water partition coefficient (Wildman–Crippen LogP) is 3.17. The molecule has 1 aliphatic heterocycles. The van der Waals surface area contributed by atoms with E-state index >= 15 is 0 Å². The minimum absolute atomic E-state index is 0.306. The Morgan fingerprint density at radius 3 is 2.71 bits per heavy atom. The lowest BCUT2D eigenvalue weighted by Crippen LogP contribution is -2.31. The lowest BCUT2D eigenvalue weighted by atomic mass is 10.0. The van der Waals surface area contributed by atoms with E-state index in [2.05, 4.69) is 0 Å². The van der Waals surface area contributed by atoms with Gasteiger partial charge in [-0.1, -0.05) is 17.7 Å². The van der Waals surface area contributed by atoms with E-state index < -0.39 is 0 Å². The van der Waals surface area contributed by atoms with Crippen molar-refractivity contribution >= 4 is 5.97 Å². The largest absolute Gasteiger partial charge is 0.496 e. The first kappa shape index (κ1) is 16.2. The van der Waals surface area contributed by atoms with Crippen molar-refractivity contribution < 1.29 is 23.7 Å². The number of hydrogen-bond acceptors (Lipinski definition) is 5. The Balaban J connectivity index is 1.76. The van der Waals surface area contributed by atoms with Gasteiger partial charge in [0.25, 0.3) is 0 Å². The Hall–Kier alpha value is -2.69. The van der Waals surface area contributed by atoms with Gasteiger partial charge in [-0.15, -0.1) is 0 Å². The number of carbonyl (C=O) groups is 1. The summed E-state index contributed by atoms with van der Waals surface area (Å²) in [5.41, 5.74) is 2.44. The van der Waals surface area contributed by atoms with Crippen molar-refractivity contribution in [1.82, 2.24) is 0 Å². The van der Waals surface area contributed by atoms with E-state index in [4.69, 9.17) is 18.9 Å². The van der Waals surface area contributed by atoms with Crippen LogP contribution < -0.4 is 14.2 Å². The van der Waals surface area contributed by atoms with Crippen LogP contribution in [0, 0.1) is 6.92 Å². The number of benzene rings is 2. The molecule has 1 aliphatic rings. The van der Waals surface area contributed by atoms with Crippen molar-refractivity contribution in [3.63, 3.8) is 0 Å². The Bertz CT molecular complexity index is 736. The van der Waals surface area contributed by atoms with Gasteiger partial charge in [0, 0.05) is 24.1 Å². The van der Waals surface area contributed by atoms with E-state index in [-0.39, 0.29) is 12.1 Å². The second-order valence-electron chi connectivity index (χ2n) is 5.72. The molecular weight excluding hydrogens is 308 g/mol. The van der Waals surface area contributed by atoms with Crippen molar-refractivity contribution in [1.29, 1.82) is 0 Å². The van der Waals surface area contributed by atoms with Crippen molar-refractivity contribution in [2.75, 3.05) is 20.8 Å². The molecule has 0 radical (unpaired) electrons. The first-order valence-electron chi connectivity index (χ1n) is 7.76. The van der Waals surface area contributed by atoms with Crippen LogP contribution in [0.15, 0.2) is 36.4 Å². The summed E-state index contributed by atoms with van der Waals surface area (Å²) in [5, 5.41) is 0. The Morgan fingerprint density at radius 2 is 2.00 bits per heavy atom. The van der Waals surface area contributed by atoms with E-state index in [1.54, 1.807) is 26.4 Å². The maximum Gasteiger partial charge on any atom is 0.338 e. The van der Waals surface area contributed by atoms with Gasteiger partial charge in [-0.05, 0) is 19.1 Å². The maximum absolute atomic E-state index is 12.3. The van der Waals surface area contributed by atoms with Gasteiger partial charge in [0.15, 0.2) is 0 Å². The van der Waals surface area contributed by atoms with Crippen molar-refractivity contribution in [2.24, 2.45) is 0 Å². The third-order valence-electron chi connectivity index (χ3n) is 3.98. The van der Waals surface area contributed by atoms with Gasteiger partial charge in [0.1, 0.15) is 30.0 Å². The van der Waals surface area contributed by atoms with Crippen LogP contribution in [0.5, 0.6) is 17.2 Å². The highest BCUT2D eigenvalue weighted by Crippen LogP contribution is 2.37. The molecule has 1 unspecified atom stereocenters. The fraction of sp³-hybridized carbons (Fsp3) is 0.316. The van der Waals surface area contributed by atoms with E-state index in [0.717, 1.165) is 11.1 Å². The molecule has 0 amide bonds. The molecule has 0 saturated heterocycles. The SMILES string of the molecule is COc1cc(OC)c2c(c1)OCC(OC(=O)c1cccc(C)c1)C2. The molecule has 0 bridgehead atoms. The topological polar surface area (TPSA) is 54.0 Å². The van der Waals surface area contributed by atoms with Gasteiger partial charge in [-0.25, -0.2) is 4.79 Å². The quantitative estimate of drug-likeness (QED) is 0.807. The third kappa shape index (κ3) is 3.30. The monoisotopic (exact) mass is 328 g/mol. The highest BCUT2D eigenvalue weighted by Gasteiger charge is 2.27. The van der Waals surface area contributed by atoms with Crippen LogP contribution in [0.2, 0.25) is 0 Å². The lowest BCUT2D eigenvalue weighted by Gasteiger charge is -2.27. The second kappa shape index (κ2) is 6.83. The predicted molar refractivity (Wildman–Crippen MR) is 89.1 cm³/mol. The van der Waals surface area contributed by atoms with Gasteiger partial charge in [-0.3, -0.25) is 0 Å². The van der Waals surface area contributed by atoms with Crippen molar-refractivity contribution in [3.05, 3.63) is 53.1 Å². The smallest absolute Gasteiger partial charge is 0.338 e. The molecule has 2 aromatic rings. The highest BCUT2D eigenvalue weighted by atomic mass is 16.6. The molecule has 126 valence electrons. The van der Waals surface area contributed by atoms with Crippen LogP contribution in [0.3, 0.4) is 0 Å². The molecule has 5 heteroatoms. The standard InChI is InChI=1S/C19H20O5/c1-12-5-4-6-13(7-12)19(20)24-15-8-16-17(22-3)9-14(21-2)10-18(16)23-11-15/h4-7,9-10,15H,8,11H2,1-3H3. The molecule has 0 spiro atoms. The zero-order valence-corrected chi connectivity index (χ0v) is 14.0. The third-order valence-corrected chi connectivity index (χ3v) is 3.98. The first-order valence-corrected chi connectivity index (χ1v) is 7.76. The first-order chi connectivity index (χ1) is 11.6. The summed E-state index contributed by atoms with van der Waals surface area (Å²) in [5.74, 6) is 1.69. The maximum atomic E-state index is 12.3. The van der Waals surface area contributed by atoms with Gasteiger partial charge in [0.2, 0.25) is 0 Å². The fourth-order valence-electron chi connectivity index (χ4n) is 2.76. The molecule has 5 nitrogen and oxygen atoms in total. The molecule has 0 saturated carbocycles. The number of fused-ring (bicyclic) bond motifs is 1. The zero-order valence-electron chi connectivity index (χ0n) is 14.0. The van der Waals surface area contributed by atoms with E-state index in [9.17, 15) is 4.79 Å². The number of aryl methyl sites for hydroxylation is 1. The van der Waals surface area contributed by atoms with E-state index in [0.29, 0.717) is 35.8 Å². The molecule has 0 aromatic heterocycles. The molecule has 1 heterocycles. The number of esters is 1. The van der Waals surface area contributed by atoms with E-state index in [1.165, 1.54) is 0 Å². The van der Waals surface area contributed by atoms with Gasteiger partial charge >= 0.3 is 5.97 Å². The number of carbonyl (C=O) groups excluding carboxylic acids is 1. The Morgan fingerprint density at radius 1 is 1.17 bits per heavy atom. The number of ether oxygens (including phenoxy) is 4. The van der Waals surface area contributed by atoms with Crippen LogP contribution in [0.4, 0.5) is 0 Å². The van der Waals surface area contributed by atoms with Crippen LogP contribution in [-0.2, 0) is 11.2 Å². The summed E-state index contributed by atoms with van der Waals surface area (Å²) in [6, 6.07) is 11.0. The van der Waals surface area contributed by atoms with Crippen molar-refractivity contribution in [2.45, 2.75) is 19.4 Å². The van der Waals surface area contributed by atoms with Gasteiger partial charge < -0.3 is 18.9 Å². The van der Waals surface area contributed by atoms with Crippen LogP contribution in [0.25, 0.3) is 0 Å². The number of hydrogen-bond donors (Lipinski definition) is 0. The summed E-state index contributed by atoms with van der Waals surface area (Å²) in [7, 11) is 3.19. The molecule has 24 heavy (non-hydrogen) atoms. The van der Waals surface area contributed by atoms with Crippen LogP contribution >= 0.6 is 0 Å². The van der Waals surface area contributed by atoms with Crippen molar-refractivity contribution in [3.8, 4) is 17.2 Å². The average Bonchev–Trinajstić information content (AvgIpc) is 2.60. The lowest BCUT2D eigenvalue weighted by molar-refractivity contribution is 0.0128. The van der Waals surface area contributed by atoms with Gasteiger partial charge in [-0.2, -0.15) is 0 Å². The summed E-state index contributed by atoms with van der Waals surface area (Å²) < 4.78 is 22.0. The summed E-state index contributed by atoms with van der Waals surface area (Å²) in [6.07, 6.45) is 0.188. The summed E-state index contributed by atoms with van der Waals surface area (Å²) >= 11 is 0. The van der Waals surface area contributed by atoms with Crippen LogP contribution in [0.1, 0.15) is 21.5 Å². The molecule has 0 aliphatic carbocycles. The Labute approximate surface area is 141 Å². The molecule has 3 rings (SSSR count). The molecule has 0 fully saturated rings. The zero-order chi connectivity index (χ0) is 17.1. The summed E-state index contributed by atoms with van der Waals surface area (Å²) in [6.45, 7) is 2.25. The molecule has 1 atom stereocenters. The average molecular weight is 328 g/mol. The number of methoxy groups -OCH3 is 2. The molecular formula is C19H20O5. The molecule has 0 N–H and O–H groups in total. The molecule has 2 aromatic carbocycles. The van der Waals surface area contributed by atoms with Crippen LogP contribution in [-0.4, -0.2) is 32.9 Å².